The monoisotopic (exact) mass is 226 g/mol. The lowest BCUT2D eigenvalue weighted by Gasteiger charge is -2.15. The molecule has 14 heavy (non-hydrogen) atoms. The van der Waals surface area contributed by atoms with Crippen molar-refractivity contribution in [3.8, 4) is 0 Å². The van der Waals surface area contributed by atoms with Crippen LogP contribution in [0.2, 0.25) is 0 Å². The van der Waals surface area contributed by atoms with Crippen LogP contribution in [0.1, 0.15) is 24.3 Å². The molecule has 0 bridgehead atoms. The quantitative estimate of drug-likeness (QED) is 0.857. The third-order valence-electron chi connectivity index (χ3n) is 2.18. The van der Waals surface area contributed by atoms with Gasteiger partial charge in [-0.2, -0.15) is 0 Å². The van der Waals surface area contributed by atoms with E-state index < -0.39 is 0 Å². The van der Waals surface area contributed by atoms with E-state index in [-0.39, 0.29) is 0 Å². The molecule has 1 atom stereocenters. The maximum Gasteiger partial charge on any atom is 0.157 e. The third kappa shape index (κ3) is 2.30. The molecular formula is C10H14N2S2. The molecular weight excluding hydrogens is 212 g/mol. The number of rotatable bonds is 3. The Kier molecular flexibility index (Phi) is 3.48. The van der Waals surface area contributed by atoms with Crippen LogP contribution in [0.15, 0.2) is 22.5 Å². The molecule has 1 aromatic rings. The number of aliphatic imine (C=N–C) groups is 1. The van der Waals surface area contributed by atoms with E-state index in [1.807, 2.05) is 23.1 Å². The van der Waals surface area contributed by atoms with Crippen LogP contribution in [-0.2, 0) is 0 Å². The highest BCUT2D eigenvalue weighted by Gasteiger charge is 2.14. The van der Waals surface area contributed by atoms with E-state index in [0.717, 1.165) is 23.9 Å². The molecule has 2 nitrogen and oxygen atoms in total. The van der Waals surface area contributed by atoms with Gasteiger partial charge in [-0.15, -0.1) is 11.3 Å². The van der Waals surface area contributed by atoms with Crippen LogP contribution in [0.4, 0.5) is 0 Å². The number of nitrogens with one attached hydrogen (secondary N) is 1. The number of hydrogen-bond donors (Lipinski definition) is 1. The van der Waals surface area contributed by atoms with Crippen LogP contribution < -0.4 is 5.32 Å². The van der Waals surface area contributed by atoms with Gasteiger partial charge in [0.2, 0.25) is 0 Å². The van der Waals surface area contributed by atoms with Crippen LogP contribution >= 0.6 is 23.1 Å². The minimum absolute atomic E-state index is 0.444. The second-order valence-corrected chi connectivity index (χ2v) is 5.22. The van der Waals surface area contributed by atoms with Crippen molar-refractivity contribution >= 4 is 28.3 Å². The van der Waals surface area contributed by atoms with E-state index in [1.54, 1.807) is 0 Å². The number of nitrogens with zero attached hydrogens (tertiary/aromatic N) is 1. The molecule has 1 aromatic heterocycles. The fraction of sp³-hybridized carbons (Fsp3) is 0.500. The maximum atomic E-state index is 4.41. The van der Waals surface area contributed by atoms with Gasteiger partial charge in [-0.3, -0.25) is 4.99 Å². The summed E-state index contributed by atoms with van der Waals surface area (Å²) < 4.78 is 0. The van der Waals surface area contributed by atoms with Crippen LogP contribution in [-0.4, -0.2) is 17.5 Å². The summed E-state index contributed by atoms with van der Waals surface area (Å²) in [6.45, 7) is 3.17. The molecule has 76 valence electrons. The summed E-state index contributed by atoms with van der Waals surface area (Å²) in [4.78, 5) is 5.81. The normalized spacial score (nSPS) is 17.9. The van der Waals surface area contributed by atoms with Crippen LogP contribution in [0.3, 0.4) is 0 Å². The van der Waals surface area contributed by atoms with Crippen molar-refractivity contribution in [1.29, 1.82) is 0 Å². The number of thioether (sulfide) groups is 1. The van der Waals surface area contributed by atoms with Gasteiger partial charge in [0.05, 0.1) is 12.6 Å². The predicted octanol–water partition coefficient (Wildman–Crippen LogP) is 2.89. The smallest absolute Gasteiger partial charge is 0.157 e. The van der Waals surface area contributed by atoms with E-state index in [9.17, 15) is 0 Å². The zero-order valence-corrected chi connectivity index (χ0v) is 9.83. The first-order chi connectivity index (χ1) is 6.90. The summed E-state index contributed by atoms with van der Waals surface area (Å²) in [7, 11) is 0. The third-order valence-corrected chi connectivity index (χ3v) is 4.07. The maximum absolute atomic E-state index is 4.41. The Morgan fingerprint density at radius 1 is 1.64 bits per heavy atom. The zero-order chi connectivity index (χ0) is 9.80. The molecule has 2 heterocycles. The second kappa shape index (κ2) is 4.84. The first kappa shape index (κ1) is 10.1. The molecule has 0 fully saturated rings. The summed E-state index contributed by atoms with van der Waals surface area (Å²) in [5.41, 5.74) is 0. The van der Waals surface area contributed by atoms with Crippen LogP contribution in [0, 0.1) is 0 Å². The van der Waals surface area contributed by atoms with Gasteiger partial charge in [0, 0.05) is 10.6 Å². The Labute approximate surface area is 92.8 Å². The van der Waals surface area contributed by atoms with Crippen molar-refractivity contribution in [2.75, 3.05) is 12.3 Å². The van der Waals surface area contributed by atoms with Gasteiger partial charge in [0.1, 0.15) is 0 Å². The highest BCUT2D eigenvalue weighted by Crippen LogP contribution is 2.23. The molecule has 1 unspecified atom stereocenters. The van der Waals surface area contributed by atoms with Gasteiger partial charge in [0.25, 0.3) is 0 Å². The molecule has 2 rings (SSSR count). The van der Waals surface area contributed by atoms with Gasteiger partial charge >= 0.3 is 0 Å². The molecule has 0 aromatic carbocycles. The molecule has 0 spiro atoms. The lowest BCUT2D eigenvalue weighted by atomic mass is 10.2. The van der Waals surface area contributed by atoms with Gasteiger partial charge < -0.3 is 5.32 Å². The van der Waals surface area contributed by atoms with Crippen molar-refractivity contribution in [1.82, 2.24) is 5.32 Å². The predicted molar refractivity (Wildman–Crippen MR) is 65.2 cm³/mol. The summed E-state index contributed by atoms with van der Waals surface area (Å²) in [5.74, 6) is 1.13. The van der Waals surface area contributed by atoms with Crippen molar-refractivity contribution in [2.24, 2.45) is 4.99 Å². The minimum Gasteiger partial charge on any atom is -0.357 e. The van der Waals surface area contributed by atoms with Crippen LogP contribution in [0.25, 0.3) is 0 Å². The first-order valence-corrected chi connectivity index (χ1v) is 6.74. The van der Waals surface area contributed by atoms with Crippen molar-refractivity contribution in [3.05, 3.63) is 22.4 Å². The number of thiophene rings is 1. The SMILES string of the molecule is CCC(NC1=NCCS1)c1cccs1. The van der Waals surface area contributed by atoms with Crippen molar-refractivity contribution in [3.63, 3.8) is 0 Å². The van der Waals surface area contributed by atoms with E-state index in [4.69, 9.17) is 0 Å². The zero-order valence-electron chi connectivity index (χ0n) is 8.19. The second-order valence-electron chi connectivity index (χ2n) is 3.16. The fourth-order valence-electron chi connectivity index (χ4n) is 1.44. The largest absolute Gasteiger partial charge is 0.357 e. The van der Waals surface area contributed by atoms with Crippen molar-refractivity contribution in [2.45, 2.75) is 19.4 Å². The topological polar surface area (TPSA) is 24.4 Å². The Morgan fingerprint density at radius 3 is 3.14 bits per heavy atom. The summed E-state index contributed by atoms with van der Waals surface area (Å²) in [6.07, 6.45) is 1.11. The molecule has 0 saturated carbocycles. The van der Waals surface area contributed by atoms with Gasteiger partial charge in [-0.05, 0) is 17.9 Å². The average molecular weight is 226 g/mol. The Bertz CT molecular complexity index is 306. The molecule has 1 aliphatic heterocycles. The lowest BCUT2D eigenvalue weighted by Crippen LogP contribution is -2.24. The van der Waals surface area contributed by atoms with Gasteiger partial charge in [-0.25, -0.2) is 0 Å². The minimum atomic E-state index is 0.444. The lowest BCUT2D eigenvalue weighted by molar-refractivity contribution is 0.641. The van der Waals surface area contributed by atoms with E-state index in [2.05, 4.69) is 34.7 Å². The summed E-state index contributed by atoms with van der Waals surface area (Å²) in [6, 6.07) is 4.74. The van der Waals surface area contributed by atoms with E-state index in [0.29, 0.717) is 6.04 Å². The van der Waals surface area contributed by atoms with Gasteiger partial charge in [-0.1, -0.05) is 24.8 Å². The molecule has 0 amide bonds. The highest BCUT2D eigenvalue weighted by atomic mass is 32.2. The number of amidine groups is 1. The molecule has 4 heteroatoms. The highest BCUT2D eigenvalue weighted by molar-refractivity contribution is 8.14. The molecule has 0 radical (unpaired) electrons. The summed E-state index contributed by atoms with van der Waals surface area (Å²) >= 11 is 3.64. The Morgan fingerprint density at radius 2 is 2.57 bits per heavy atom. The first-order valence-electron chi connectivity index (χ1n) is 4.87. The standard InChI is InChI=1S/C10H14N2S2/c1-2-8(9-4-3-6-13-9)12-10-11-5-7-14-10/h3-4,6,8H,2,5,7H2,1H3,(H,11,12). The Balaban J connectivity index is 2.00. The molecule has 1 N–H and O–H groups in total. The molecule has 1 aliphatic rings. The van der Waals surface area contributed by atoms with Gasteiger partial charge in [0.15, 0.2) is 5.17 Å². The molecule has 0 saturated heterocycles. The van der Waals surface area contributed by atoms with E-state index in [1.165, 1.54) is 4.88 Å². The van der Waals surface area contributed by atoms with Crippen LogP contribution in [0.5, 0.6) is 0 Å². The van der Waals surface area contributed by atoms with E-state index >= 15 is 0 Å². The summed E-state index contributed by atoms with van der Waals surface area (Å²) in [5, 5.41) is 6.74. The van der Waals surface area contributed by atoms with Crippen molar-refractivity contribution < 1.29 is 0 Å². The Hall–Kier alpha value is -0.480. The molecule has 0 aliphatic carbocycles. The average Bonchev–Trinajstić information content (AvgIpc) is 2.86. The fourth-order valence-corrected chi connectivity index (χ4v) is 3.08. The number of hydrogen-bond acceptors (Lipinski definition) is 4.